The van der Waals surface area contributed by atoms with Gasteiger partial charge in [0.05, 0.1) is 22.8 Å². The van der Waals surface area contributed by atoms with Gasteiger partial charge in [0.1, 0.15) is 0 Å². The SMILES string of the molecule is CCOC(=O)c1ccc(C(F)(F)F)c(Cl)c1. The molecule has 0 unspecified atom stereocenters. The third kappa shape index (κ3) is 2.88. The van der Waals surface area contributed by atoms with Crippen molar-refractivity contribution in [2.75, 3.05) is 6.61 Å². The molecule has 0 aromatic heterocycles. The third-order valence-electron chi connectivity index (χ3n) is 1.79. The second-order valence-electron chi connectivity index (χ2n) is 2.91. The van der Waals surface area contributed by atoms with Crippen molar-refractivity contribution in [3.63, 3.8) is 0 Å². The van der Waals surface area contributed by atoms with Gasteiger partial charge < -0.3 is 4.74 Å². The zero-order chi connectivity index (χ0) is 12.3. The first-order chi connectivity index (χ1) is 7.36. The van der Waals surface area contributed by atoms with Crippen molar-refractivity contribution >= 4 is 17.6 Å². The Kier molecular flexibility index (Phi) is 3.80. The molecule has 0 amide bonds. The summed E-state index contributed by atoms with van der Waals surface area (Å²) in [7, 11) is 0. The van der Waals surface area contributed by atoms with E-state index in [1.165, 1.54) is 0 Å². The van der Waals surface area contributed by atoms with Gasteiger partial charge in [-0.1, -0.05) is 11.6 Å². The monoisotopic (exact) mass is 252 g/mol. The van der Waals surface area contributed by atoms with Crippen LogP contribution in [0.2, 0.25) is 5.02 Å². The highest BCUT2D eigenvalue weighted by molar-refractivity contribution is 6.31. The van der Waals surface area contributed by atoms with Crippen LogP contribution in [0.1, 0.15) is 22.8 Å². The predicted octanol–water partition coefficient (Wildman–Crippen LogP) is 3.54. The Labute approximate surface area is 95.0 Å². The molecule has 1 rings (SSSR count). The molecule has 0 N–H and O–H groups in total. The van der Waals surface area contributed by atoms with E-state index in [1.807, 2.05) is 0 Å². The van der Waals surface area contributed by atoms with Crippen molar-refractivity contribution in [1.82, 2.24) is 0 Å². The number of alkyl halides is 3. The molecule has 1 aromatic carbocycles. The summed E-state index contributed by atoms with van der Waals surface area (Å²) >= 11 is 5.43. The van der Waals surface area contributed by atoms with Gasteiger partial charge in [0.15, 0.2) is 0 Å². The van der Waals surface area contributed by atoms with Crippen LogP contribution in [0.3, 0.4) is 0 Å². The Morgan fingerprint density at radius 3 is 2.50 bits per heavy atom. The number of ether oxygens (including phenoxy) is 1. The van der Waals surface area contributed by atoms with Gasteiger partial charge in [-0.25, -0.2) is 4.79 Å². The fourth-order valence-electron chi connectivity index (χ4n) is 1.09. The zero-order valence-electron chi connectivity index (χ0n) is 8.27. The molecule has 2 nitrogen and oxygen atoms in total. The highest BCUT2D eigenvalue weighted by Crippen LogP contribution is 2.34. The van der Waals surface area contributed by atoms with Crippen LogP contribution in [0, 0.1) is 0 Å². The maximum Gasteiger partial charge on any atom is 0.417 e. The molecule has 0 atom stereocenters. The van der Waals surface area contributed by atoms with Gasteiger partial charge in [-0.3, -0.25) is 0 Å². The number of esters is 1. The molecule has 0 saturated carbocycles. The van der Waals surface area contributed by atoms with Crippen LogP contribution >= 0.6 is 11.6 Å². The molecule has 0 spiro atoms. The topological polar surface area (TPSA) is 26.3 Å². The van der Waals surface area contributed by atoms with E-state index < -0.39 is 22.7 Å². The molecule has 0 heterocycles. The number of rotatable bonds is 2. The Bertz CT molecular complexity index is 402. The minimum Gasteiger partial charge on any atom is -0.462 e. The standard InChI is InChI=1S/C10H8ClF3O2/c1-2-16-9(15)6-3-4-7(8(11)5-6)10(12,13)14/h3-5H,2H2,1H3. The number of hydrogen-bond acceptors (Lipinski definition) is 2. The largest absolute Gasteiger partial charge is 0.462 e. The van der Waals surface area contributed by atoms with E-state index in [9.17, 15) is 18.0 Å². The van der Waals surface area contributed by atoms with Gasteiger partial charge in [-0.05, 0) is 25.1 Å². The van der Waals surface area contributed by atoms with Crippen molar-refractivity contribution < 1.29 is 22.7 Å². The lowest BCUT2D eigenvalue weighted by Gasteiger charge is -2.09. The lowest BCUT2D eigenvalue weighted by Crippen LogP contribution is -2.09. The minimum absolute atomic E-state index is 0.000139. The Hall–Kier alpha value is -1.23. The summed E-state index contributed by atoms with van der Waals surface area (Å²) in [6.07, 6.45) is -4.52. The summed E-state index contributed by atoms with van der Waals surface area (Å²) in [6.45, 7) is 1.75. The summed E-state index contributed by atoms with van der Waals surface area (Å²) in [5.41, 5.74) is -0.970. The highest BCUT2D eigenvalue weighted by atomic mass is 35.5. The molecule has 0 radical (unpaired) electrons. The molecule has 1 aromatic rings. The molecule has 6 heteroatoms. The third-order valence-corrected chi connectivity index (χ3v) is 2.10. The second kappa shape index (κ2) is 4.74. The summed E-state index contributed by atoms with van der Waals surface area (Å²) in [5.74, 6) is -0.696. The van der Waals surface area contributed by atoms with Gasteiger partial charge in [-0.2, -0.15) is 13.2 Å². The Morgan fingerprint density at radius 1 is 1.44 bits per heavy atom. The van der Waals surface area contributed by atoms with Crippen molar-refractivity contribution in [3.8, 4) is 0 Å². The molecule has 0 aliphatic heterocycles. The van der Waals surface area contributed by atoms with Crippen LogP contribution in [0.4, 0.5) is 13.2 Å². The molecule has 0 aliphatic carbocycles. The van der Waals surface area contributed by atoms with Gasteiger partial charge >= 0.3 is 12.1 Å². The van der Waals surface area contributed by atoms with E-state index in [4.69, 9.17) is 11.6 Å². The van der Waals surface area contributed by atoms with Crippen molar-refractivity contribution in [2.24, 2.45) is 0 Å². The van der Waals surface area contributed by atoms with Crippen LogP contribution in [0.15, 0.2) is 18.2 Å². The smallest absolute Gasteiger partial charge is 0.417 e. The average molecular weight is 253 g/mol. The molecular weight excluding hydrogens is 245 g/mol. The predicted molar refractivity (Wildman–Crippen MR) is 52.4 cm³/mol. The van der Waals surface area contributed by atoms with E-state index in [0.717, 1.165) is 18.2 Å². The maximum absolute atomic E-state index is 12.3. The van der Waals surface area contributed by atoms with Crippen molar-refractivity contribution in [1.29, 1.82) is 0 Å². The summed E-state index contributed by atoms with van der Waals surface area (Å²) < 4.78 is 41.6. The average Bonchev–Trinajstić information content (AvgIpc) is 2.16. The van der Waals surface area contributed by atoms with E-state index in [2.05, 4.69) is 4.74 Å². The molecule has 0 fully saturated rings. The van der Waals surface area contributed by atoms with Gasteiger partial charge in [-0.15, -0.1) is 0 Å². The van der Waals surface area contributed by atoms with Crippen LogP contribution in [0.5, 0.6) is 0 Å². The van der Waals surface area contributed by atoms with Gasteiger partial charge in [0.25, 0.3) is 0 Å². The van der Waals surface area contributed by atoms with E-state index in [0.29, 0.717) is 0 Å². The Balaban J connectivity index is 3.05. The minimum atomic E-state index is -4.52. The lowest BCUT2D eigenvalue weighted by atomic mass is 10.1. The normalized spacial score (nSPS) is 11.3. The maximum atomic E-state index is 12.3. The van der Waals surface area contributed by atoms with Crippen LogP contribution in [0.25, 0.3) is 0 Å². The molecule has 0 aliphatic rings. The first kappa shape index (κ1) is 12.8. The summed E-state index contributed by atoms with van der Waals surface area (Å²) in [6, 6.07) is 2.74. The fraction of sp³-hybridized carbons (Fsp3) is 0.300. The quantitative estimate of drug-likeness (QED) is 0.753. The highest BCUT2D eigenvalue weighted by Gasteiger charge is 2.33. The molecule has 16 heavy (non-hydrogen) atoms. The molecule has 0 bridgehead atoms. The number of carbonyl (C=O) groups is 1. The second-order valence-corrected chi connectivity index (χ2v) is 3.32. The number of hydrogen-bond donors (Lipinski definition) is 0. The van der Waals surface area contributed by atoms with Gasteiger partial charge in [0.2, 0.25) is 0 Å². The molecule has 0 saturated heterocycles. The fourth-order valence-corrected chi connectivity index (χ4v) is 1.37. The first-order valence-electron chi connectivity index (χ1n) is 4.40. The summed E-state index contributed by atoms with van der Waals surface area (Å²) in [5, 5.41) is -0.516. The number of benzene rings is 1. The van der Waals surface area contributed by atoms with Crippen molar-refractivity contribution in [2.45, 2.75) is 13.1 Å². The van der Waals surface area contributed by atoms with Crippen LogP contribution < -0.4 is 0 Å². The summed E-state index contributed by atoms with van der Waals surface area (Å²) in [4.78, 5) is 11.2. The molecule has 88 valence electrons. The zero-order valence-corrected chi connectivity index (χ0v) is 9.02. The van der Waals surface area contributed by atoms with Crippen LogP contribution in [-0.2, 0) is 10.9 Å². The van der Waals surface area contributed by atoms with Crippen LogP contribution in [-0.4, -0.2) is 12.6 Å². The van der Waals surface area contributed by atoms with E-state index in [-0.39, 0.29) is 12.2 Å². The van der Waals surface area contributed by atoms with Crippen molar-refractivity contribution in [3.05, 3.63) is 34.3 Å². The Morgan fingerprint density at radius 2 is 2.06 bits per heavy atom. The van der Waals surface area contributed by atoms with E-state index in [1.54, 1.807) is 6.92 Å². The number of carbonyl (C=O) groups excluding carboxylic acids is 1. The number of halogens is 4. The lowest BCUT2D eigenvalue weighted by molar-refractivity contribution is -0.137. The first-order valence-corrected chi connectivity index (χ1v) is 4.78. The van der Waals surface area contributed by atoms with E-state index >= 15 is 0 Å². The molecular formula is C10H8ClF3O2. The van der Waals surface area contributed by atoms with Gasteiger partial charge in [0, 0.05) is 0 Å².